The first-order chi connectivity index (χ1) is 2.71. The van der Waals surface area contributed by atoms with E-state index < -0.39 is 9.84 Å². The Bertz CT molecular complexity index is 123. The van der Waals surface area contributed by atoms with Crippen LogP contribution in [0.5, 0.6) is 0 Å². The molecule has 0 unspecified atom stereocenters. The van der Waals surface area contributed by atoms with E-state index in [9.17, 15) is 8.42 Å². The van der Waals surface area contributed by atoms with E-state index in [1.807, 2.05) is 0 Å². The Balaban J connectivity index is 2.78. The van der Waals surface area contributed by atoms with E-state index in [4.69, 9.17) is 0 Å². The minimum Gasteiger partial charge on any atom is -0.229 e. The molecule has 1 saturated heterocycles. The van der Waals surface area contributed by atoms with Crippen LogP contribution in [0.3, 0.4) is 0 Å². The largest absolute Gasteiger partial charge is 0.229 e. The van der Waals surface area contributed by atoms with Crippen molar-refractivity contribution in [1.82, 2.24) is 0 Å². The molecule has 1 heterocycles. The van der Waals surface area contributed by atoms with Gasteiger partial charge in [0.2, 0.25) is 0 Å². The smallest absolute Gasteiger partial charge is 0.150 e. The van der Waals surface area contributed by atoms with Crippen molar-refractivity contribution in [1.29, 1.82) is 0 Å². The minimum absolute atomic E-state index is 0.299. The van der Waals surface area contributed by atoms with Crippen LogP contribution < -0.4 is 0 Å². The molecule has 1 aliphatic rings. The third-order valence-electron chi connectivity index (χ3n) is 0.744. The van der Waals surface area contributed by atoms with Crippen molar-refractivity contribution in [3.63, 3.8) is 0 Å². The number of sulfone groups is 1. The second-order valence-electron chi connectivity index (χ2n) is 1.37. The lowest BCUT2D eigenvalue weighted by molar-refractivity contribution is 0.592. The first-order valence-electron chi connectivity index (χ1n) is 1.73. The summed E-state index contributed by atoms with van der Waals surface area (Å²) in [7, 11) is -2.54. The Kier molecular flexibility index (Phi) is 0.662. The number of hydrogen-bond acceptors (Lipinski definition) is 2. The Morgan fingerprint density at radius 2 is 1.67 bits per heavy atom. The summed E-state index contributed by atoms with van der Waals surface area (Å²) in [6, 6.07) is 0. The van der Waals surface area contributed by atoms with Gasteiger partial charge in [-0.15, -0.1) is 0 Å². The highest BCUT2D eigenvalue weighted by molar-refractivity contribution is 7.93. The SMILES string of the molecule is O=S1(=O)C[CH]C1. The van der Waals surface area contributed by atoms with Crippen LogP contribution >= 0.6 is 0 Å². The van der Waals surface area contributed by atoms with E-state index in [-0.39, 0.29) is 0 Å². The van der Waals surface area contributed by atoms with Crippen molar-refractivity contribution in [2.75, 3.05) is 11.5 Å². The molecule has 35 valence electrons. The molecule has 0 spiro atoms. The van der Waals surface area contributed by atoms with E-state index in [0.717, 1.165) is 0 Å². The second kappa shape index (κ2) is 0.964. The van der Waals surface area contributed by atoms with E-state index in [1.54, 1.807) is 6.42 Å². The van der Waals surface area contributed by atoms with Gasteiger partial charge in [-0.3, -0.25) is 0 Å². The van der Waals surface area contributed by atoms with Crippen molar-refractivity contribution in [3.05, 3.63) is 6.42 Å². The van der Waals surface area contributed by atoms with Crippen LogP contribution in [-0.4, -0.2) is 19.9 Å². The summed E-state index contributed by atoms with van der Waals surface area (Å²) in [6.45, 7) is 0. The molecule has 0 amide bonds. The van der Waals surface area contributed by atoms with Crippen LogP contribution in [0.1, 0.15) is 0 Å². The lowest BCUT2D eigenvalue weighted by Crippen LogP contribution is -2.24. The molecule has 0 N–H and O–H groups in total. The van der Waals surface area contributed by atoms with Gasteiger partial charge in [0.15, 0.2) is 9.84 Å². The van der Waals surface area contributed by atoms with Crippen LogP contribution in [0.15, 0.2) is 0 Å². The quantitative estimate of drug-likeness (QED) is 0.421. The predicted octanol–water partition coefficient (Wildman–Crippen LogP) is -0.381. The molecule has 1 aliphatic heterocycles. The average molecular weight is 105 g/mol. The Hall–Kier alpha value is -0.0500. The number of rotatable bonds is 0. The fourth-order valence-corrected chi connectivity index (χ4v) is 0.931. The van der Waals surface area contributed by atoms with Crippen molar-refractivity contribution < 1.29 is 8.42 Å². The average Bonchev–Trinajstić information content (AvgIpc) is 1.32. The minimum atomic E-state index is -2.54. The highest BCUT2D eigenvalue weighted by Crippen LogP contribution is 2.05. The summed E-state index contributed by atoms with van der Waals surface area (Å²) in [5.41, 5.74) is 0. The fourth-order valence-electron chi connectivity index (χ4n) is 0.310. The van der Waals surface area contributed by atoms with Gasteiger partial charge in [-0.2, -0.15) is 0 Å². The summed E-state index contributed by atoms with van der Waals surface area (Å²) in [5.74, 6) is 0.597. The van der Waals surface area contributed by atoms with Gasteiger partial charge in [0, 0.05) is 0 Å². The molecule has 0 aromatic rings. The van der Waals surface area contributed by atoms with Gasteiger partial charge in [0.25, 0.3) is 0 Å². The lowest BCUT2D eigenvalue weighted by Gasteiger charge is -2.08. The molecule has 0 aromatic carbocycles. The summed E-state index contributed by atoms with van der Waals surface area (Å²) in [4.78, 5) is 0. The predicted molar refractivity (Wildman–Crippen MR) is 23.0 cm³/mol. The molecule has 0 bridgehead atoms. The van der Waals surface area contributed by atoms with Gasteiger partial charge < -0.3 is 0 Å². The molecule has 0 saturated carbocycles. The van der Waals surface area contributed by atoms with Crippen LogP contribution in [0.4, 0.5) is 0 Å². The van der Waals surface area contributed by atoms with E-state index in [1.165, 1.54) is 0 Å². The normalized spacial score (nSPS) is 28.7. The van der Waals surface area contributed by atoms with Gasteiger partial charge in [0.1, 0.15) is 0 Å². The van der Waals surface area contributed by atoms with Crippen LogP contribution in [0.25, 0.3) is 0 Å². The molecular formula is C3H5O2S. The van der Waals surface area contributed by atoms with Crippen molar-refractivity contribution in [2.24, 2.45) is 0 Å². The van der Waals surface area contributed by atoms with Crippen LogP contribution in [-0.2, 0) is 9.84 Å². The van der Waals surface area contributed by atoms with E-state index in [2.05, 4.69) is 0 Å². The Morgan fingerprint density at radius 3 is 1.67 bits per heavy atom. The zero-order valence-electron chi connectivity index (χ0n) is 3.22. The fraction of sp³-hybridized carbons (Fsp3) is 0.667. The Morgan fingerprint density at radius 1 is 1.33 bits per heavy atom. The molecule has 1 fully saturated rings. The van der Waals surface area contributed by atoms with E-state index >= 15 is 0 Å². The highest BCUT2D eigenvalue weighted by Gasteiger charge is 2.19. The standard InChI is InChI=1S/C3H5O2S/c4-6(5)2-1-3-6/h1H,2-3H2. The molecule has 0 aromatic heterocycles. The third-order valence-corrected chi connectivity index (χ3v) is 2.23. The molecule has 6 heavy (non-hydrogen) atoms. The van der Waals surface area contributed by atoms with Gasteiger partial charge in [-0.25, -0.2) is 8.42 Å². The topological polar surface area (TPSA) is 34.1 Å². The van der Waals surface area contributed by atoms with Crippen molar-refractivity contribution in [3.8, 4) is 0 Å². The van der Waals surface area contributed by atoms with Gasteiger partial charge in [-0.1, -0.05) is 0 Å². The maximum Gasteiger partial charge on any atom is 0.150 e. The summed E-state index contributed by atoms with van der Waals surface area (Å²) < 4.78 is 20.1. The molecular weight excluding hydrogens is 100 g/mol. The van der Waals surface area contributed by atoms with Gasteiger partial charge in [0.05, 0.1) is 11.5 Å². The molecule has 0 atom stereocenters. The maximum atomic E-state index is 10.1. The molecule has 0 aliphatic carbocycles. The summed E-state index contributed by atoms with van der Waals surface area (Å²) >= 11 is 0. The van der Waals surface area contributed by atoms with Crippen molar-refractivity contribution >= 4 is 9.84 Å². The molecule has 2 nitrogen and oxygen atoms in total. The summed E-state index contributed by atoms with van der Waals surface area (Å²) in [5, 5.41) is 0. The van der Waals surface area contributed by atoms with Gasteiger partial charge >= 0.3 is 0 Å². The third kappa shape index (κ3) is 0.544. The number of hydrogen-bond donors (Lipinski definition) is 0. The second-order valence-corrected chi connectivity index (χ2v) is 3.52. The molecule has 1 radical (unpaired) electrons. The first-order valence-corrected chi connectivity index (χ1v) is 3.55. The zero-order chi connectivity index (χ0) is 4.62. The van der Waals surface area contributed by atoms with E-state index in [0.29, 0.717) is 11.5 Å². The highest BCUT2D eigenvalue weighted by atomic mass is 32.2. The first kappa shape index (κ1) is 4.12. The van der Waals surface area contributed by atoms with Gasteiger partial charge in [-0.05, 0) is 6.42 Å². The Labute approximate surface area is 37.1 Å². The molecule has 3 heteroatoms. The zero-order valence-corrected chi connectivity index (χ0v) is 4.03. The molecule has 1 rings (SSSR count). The monoisotopic (exact) mass is 105 g/mol. The van der Waals surface area contributed by atoms with Crippen LogP contribution in [0, 0.1) is 6.42 Å². The summed E-state index contributed by atoms with van der Waals surface area (Å²) in [6.07, 6.45) is 1.75. The lowest BCUT2D eigenvalue weighted by atomic mass is 10.5. The maximum absolute atomic E-state index is 10.1. The van der Waals surface area contributed by atoms with Crippen molar-refractivity contribution in [2.45, 2.75) is 0 Å². The van der Waals surface area contributed by atoms with Crippen LogP contribution in [0.2, 0.25) is 0 Å².